The van der Waals surface area contributed by atoms with Gasteiger partial charge in [-0.2, -0.15) is 0 Å². The Morgan fingerprint density at radius 1 is 0.600 bits per heavy atom. The van der Waals surface area contributed by atoms with Crippen LogP contribution in [-0.2, 0) is 4.57 Å². The molecule has 0 radical (unpaired) electrons. The van der Waals surface area contributed by atoms with E-state index in [4.69, 9.17) is 4.98 Å². The van der Waals surface area contributed by atoms with Gasteiger partial charge in [-0.3, -0.25) is 4.40 Å². The van der Waals surface area contributed by atoms with Crippen LogP contribution in [0.25, 0.3) is 48.0 Å². The molecule has 0 aliphatic rings. The molecule has 0 bridgehead atoms. The second kappa shape index (κ2) is 9.02. The standard InChI is InChI=1S/C35H23N2OPS/c38-39(28-9-3-1-4-10-28,29-11-5-2-6-12-29)30-19-17-24-21-25(15-16-26(24)22-30)27-18-20-33-36-34-31-13-7-8-14-32(31)40-35(34)37(33)23-27/h1-23H. The second-order valence-electron chi connectivity index (χ2n) is 10.0. The van der Waals surface area contributed by atoms with Gasteiger partial charge in [0.05, 0.1) is 0 Å². The molecule has 0 saturated heterocycles. The lowest BCUT2D eigenvalue weighted by Crippen LogP contribution is -2.24. The molecule has 8 rings (SSSR count). The number of hydrogen-bond acceptors (Lipinski definition) is 3. The average molecular weight is 551 g/mol. The van der Waals surface area contributed by atoms with Crippen molar-refractivity contribution >= 4 is 71.2 Å². The zero-order valence-corrected chi connectivity index (χ0v) is 23.1. The van der Waals surface area contributed by atoms with Crippen LogP contribution >= 0.6 is 18.5 Å². The number of thiophene rings is 1. The number of imidazole rings is 1. The maximum Gasteiger partial charge on any atom is 0.171 e. The molecule has 5 heteroatoms. The van der Waals surface area contributed by atoms with Gasteiger partial charge in [0, 0.05) is 32.2 Å². The Hall–Kier alpha value is -4.50. The zero-order valence-electron chi connectivity index (χ0n) is 21.4. The largest absolute Gasteiger partial charge is 0.309 e. The van der Waals surface area contributed by atoms with E-state index in [2.05, 4.69) is 77.3 Å². The van der Waals surface area contributed by atoms with Crippen molar-refractivity contribution < 1.29 is 4.57 Å². The van der Waals surface area contributed by atoms with Crippen molar-refractivity contribution in [2.24, 2.45) is 0 Å². The predicted molar refractivity (Wildman–Crippen MR) is 170 cm³/mol. The van der Waals surface area contributed by atoms with Crippen molar-refractivity contribution in [2.75, 3.05) is 0 Å². The molecule has 0 fully saturated rings. The fraction of sp³-hybridized carbons (Fsp3) is 0. The van der Waals surface area contributed by atoms with E-state index in [0.29, 0.717) is 0 Å². The third-order valence-corrected chi connectivity index (χ3v) is 11.9. The Balaban J connectivity index is 1.24. The van der Waals surface area contributed by atoms with E-state index in [1.54, 1.807) is 11.3 Å². The predicted octanol–water partition coefficient (Wildman–Crippen LogP) is 8.16. The van der Waals surface area contributed by atoms with Gasteiger partial charge < -0.3 is 4.57 Å². The highest BCUT2D eigenvalue weighted by Gasteiger charge is 2.29. The van der Waals surface area contributed by atoms with Crippen molar-refractivity contribution in [3.63, 3.8) is 0 Å². The van der Waals surface area contributed by atoms with Gasteiger partial charge in [-0.1, -0.05) is 103 Å². The fourth-order valence-corrected chi connectivity index (χ4v) is 9.46. The number of rotatable bonds is 4. The van der Waals surface area contributed by atoms with Crippen LogP contribution in [0.3, 0.4) is 0 Å². The van der Waals surface area contributed by atoms with E-state index in [1.165, 1.54) is 14.9 Å². The maximum atomic E-state index is 14.8. The Morgan fingerprint density at radius 3 is 2.02 bits per heavy atom. The average Bonchev–Trinajstić information content (AvgIpc) is 3.57. The number of fused-ring (bicyclic) bond motifs is 6. The zero-order chi connectivity index (χ0) is 26.7. The van der Waals surface area contributed by atoms with Crippen molar-refractivity contribution in [2.45, 2.75) is 0 Å². The molecule has 3 aromatic heterocycles. The summed E-state index contributed by atoms with van der Waals surface area (Å²) in [5.41, 5.74) is 4.29. The van der Waals surface area contributed by atoms with Crippen molar-refractivity contribution in [3.8, 4) is 11.1 Å². The molecule has 0 saturated carbocycles. The first-order valence-corrected chi connectivity index (χ1v) is 15.8. The summed E-state index contributed by atoms with van der Waals surface area (Å²) in [6, 6.07) is 45.1. The summed E-state index contributed by atoms with van der Waals surface area (Å²) in [7, 11) is -3.02. The molecule has 0 spiro atoms. The number of hydrogen-bond donors (Lipinski definition) is 0. The highest BCUT2D eigenvalue weighted by molar-refractivity contribution is 7.85. The number of nitrogens with zero attached hydrogens (tertiary/aromatic N) is 2. The molecule has 40 heavy (non-hydrogen) atoms. The molecule has 0 atom stereocenters. The molecule has 0 unspecified atom stereocenters. The van der Waals surface area contributed by atoms with Crippen LogP contribution in [-0.4, -0.2) is 9.38 Å². The summed E-state index contributed by atoms with van der Waals surface area (Å²) in [6.07, 6.45) is 2.19. The van der Waals surface area contributed by atoms with Crippen molar-refractivity contribution in [3.05, 3.63) is 140 Å². The normalized spacial score (nSPS) is 12.1. The molecule has 3 heterocycles. The SMILES string of the molecule is O=P(c1ccccc1)(c1ccccc1)c1ccc2cc(-c3ccc4nc5c6ccccc6sc5n4c3)ccc2c1. The third kappa shape index (κ3) is 3.57. The number of benzene rings is 5. The minimum Gasteiger partial charge on any atom is -0.309 e. The van der Waals surface area contributed by atoms with Crippen LogP contribution in [0.15, 0.2) is 140 Å². The highest BCUT2D eigenvalue weighted by Crippen LogP contribution is 2.43. The first kappa shape index (κ1) is 23.4. The minimum absolute atomic E-state index is 0.845. The lowest BCUT2D eigenvalue weighted by molar-refractivity contribution is 0.592. The van der Waals surface area contributed by atoms with E-state index < -0.39 is 7.14 Å². The molecule has 0 N–H and O–H groups in total. The summed E-state index contributed by atoms with van der Waals surface area (Å²) in [5, 5.41) is 5.93. The molecule has 0 aliphatic heterocycles. The lowest BCUT2D eigenvalue weighted by Gasteiger charge is -2.20. The second-order valence-corrected chi connectivity index (χ2v) is 13.8. The van der Waals surface area contributed by atoms with Crippen molar-refractivity contribution in [1.82, 2.24) is 9.38 Å². The van der Waals surface area contributed by atoms with E-state index in [1.807, 2.05) is 66.7 Å². The molecular formula is C35H23N2OPS. The van der Waals surface area contributed by atoms with E-state index in [9.17, 15) is 4.57 Å². The van der Waals surface area contributed by atoms with Gasteiger partial charge in [0.1, 0.15) is 16.0 Å². The third-order valence-electron chi connectivity index (χ3n) is 7.68. The lowest BCUT2D eigenvalue weighted by atomic mass is 10.0. The van der Waals surface area contributed by atoms with Gasteiger partial charge in [0.25, 0.3) is 0 Å². The van der Waals surface area contributed by atoms with Gasteiger partial charge in [0.2, 0.25) is 0 Å². The van der Waals surface area contributed by atoms with Gasteiger partial charge in [-0.05, 0) is 52.2 Å². The number of pyridine rings is 1. The quantitative estimate of drug-likeness (QED) is 0.207. The topological polar surface area (TPSA) is 34.4 Å². The van der Waals surface area contributed by atoms with Crippen LogP contribution in [0.4, 0.5) is 0 Å². The first-order chi connectivity index (χ1) is 19.7. The summed E-state index contributed by atoms with van der Waals surface area (Å²) >= 11 is 1.78. The monoisotopic (exact) mass is 550 g/mol. The molecule has 3 nitrogen and oxygen atoms in total. The summed E-state index contributed by atoms with van der Waals surface area (Å²) in [4.78, 5) is 6.09. The van der Waals surface area contributed by atoms with E-state index in [0.717, 1.165) is 49.0 Å². The van der Waals surface area contributed by atoms with Crippen LogP contribution in [0.1, 0.15) is 0 Å². The molecule has 190 valence electrons. The van der Waals surface area contributed by atoms with E-state index >= 15 is 0 Å². The molecule has 5 aromatic carbocycles. The van der Waals surface area contributed by atoms with Gasteiger partial charge in [-0.15, -0.1) is 11.3 Å². The Bertz CT molecular complexity index is 2210. The molecule has 8 aromatic rings. The Morgan fingerprint density at radius 2 is 1.25 bits per heavy atom. The van der Waals surface area contributed by atoms with Crippen LogP contribution in [0, 0.1) is 0 Å². The maximum absolute atomic E-state index is 14.8. The summed E-state index contributed by atoms with van der Waals surface area (Å²) < 4.78 is 18.3. The smallest absolute Gasteiger partial charge is 0.171 e. The van der Waals surface area contributed by atoms with Crippen LogP contribution in [0.5, 0.6) is 0 Å². The molecule has 0 aliphatic carbocycles. The van der Waals surface area contributed by atoms with E-state index in [-0.39, 0.29) is 0 Å². The van der Waals surface area contributed by atoms with Crippen LogP contribution < -0.4 is 15.9 Å². The summed E-state index contributed by atoms with van der Waals surface area (Å²) in [5.74, 6) is 0. The number of aromatic nitrogens is 2. The summed E-state index contributed by atoms with van der Waals surface area (Å²) in [6.45, 7) is 0. The van der Waals surface area contributed by atoms with Crippen LogP contribution in [0.2, 0.25) is 0 Å². The molecule has 0 amide bonds. The minimum atomic E-state index is -3.02. The van der Waals surface area contributed by atoms with Gasteiger partial charge in [-0.25, -0.2) is 4.98 Å². The first-order valence-electron chi connectivity index (χ1n) is 13.2. The Labute approximate surface area is 235 Å². The van der Waals surface area contributed by atoms with Crippen molar-refractivity contribution in [1.29, 1.82) is 0 Å². The van der Waals surface area contributed by atoms with Gasteiger partial charge in [0.15, 0.2) is 7.14 Å². The Kier molecular flexibility index (Phi) is 5.28. The van der Waals surface area contributed by atoms with Gasteiger partial charge >= 0.3 is 0 Å². The fourth-order valence-electron chi connectivity index (χ4n) is 5.65. The highest BCUT2D eigenvalue weighted by atomic mass is 32.1. The molecular weight excluding hydrogens is 527 g/mol.